The first kappa shape index (κ1) is 10.8. The van der Waals surface area contributed by atoms with Crippen LogP contribution in [0.1, 0.15) is 19.4 Å². The average molecular weight is 208 g/mol. The van der Waals surface area contributed by atoms with Crippen molar-refractivity contribution in [1.82, 2.24) is 9.97 Å². The SMILES string of the molecule is CSc1ncnc(NC(C)C)c1C#N. The van der Waals surface area contributed by atoms with Gasteiger partial charge in [0.25, 0.3) is 0 Å². The van der Waals surface area contributed by atoms with Crippen molar-refractivity contribution >= 4 is 17.6 Å². The van der Waals surface area contributed by atoms with Gasteiger partial charge in [0.15, 0.2) is 0 Å². The van der Waals surface area contributed by atoms with Gasteiger partial charge in [-0.05, 0) is 20.1 Å². The summed E-state index contributed by atoms with van der Waals surface area (Å²) in [5.41, 5.74) is 0.522. The van der Waals surface area contributed by atoms with Crippen LogP contribution >= 0.6 is 11.8 Å². The molecule has 1 heterocycles. The summed E-state index contributed by atoms with van der Waals surface area (Å²) in [4.78, 5) is 8.07. The molecule has 5 heteroatoms. The molecule has 0 aliphatic carbocycles. The molecule has 0 spiro atoms. The Morgan fingerprint density at radius 3 is 2.71 bits per heavy atom. The standard InChI is InChI=1S/C9H12N4S/c1-6(2)13-8-7(4-10)9(14-3)12-5-11-8/h5-6H,1-3H3,(H,11,12,13). The molecule has 0 unspecified atom stereocenters. The maximum Gasteiger partial charge on any atom is 0.148 e. The molecular weight excluding hydrogens is 196 g/mol. The van der Waals surface area contributed by atoms with Crippen molar-refractivity contribution in [3.05, 3.63) is 11.9 Å². The molecule has 0 aromatic carbocycles. The lowest BCUT2D eigenvalue weighted by molar-refractivity contribution is 0.877. The summed E-state index contributed by atoms with van der Waals surface area (Å²) in [7, 11) is 0. The Labute approximate surface area is 87.8 Å². The van der Waals surface area contributed by atoms with Crippen LogP contribution in [0.5, 0.6) is 0 Å². The Hall–Kier alpha value is -1.28. The van der Waals surface area contributed by atoms with E-state index in [-0.39, 0.29) is 6.04 Å². The third-order valence-electron chi connectivity index (χ3n) is 1.54. The molecule has 1 rings (SSSR count). The Morgan fingerprint density at radius 2 is 2.21 bits per heavy atom. The van der Waals surface area contributed by atoms with Crippen molar-refractivity contribution in [2.45, 2.75) is 24.9 Å². The zero-order valence-electron chi connectivity index (χ0n) is 8.40. The van der Waals surface area contributed by atoms with Gasteiger partial charge in [-0.25, -0.2) is 9.97 Å². The van der Waals surface area contributed by atoms with Crippen molar-refractivity contribution in [1.29, 1.82) is 5.26 Å². The van der Waals surface area contributed by atoms with E-state index in [9.17, 15) is 0 Å². The lowest BCUT2D eigenvalue weighted by Crippen LogP contribution is -2.13. The van der Waals surface area contributed by atoms with Crippen molar-refractivity contribution < 1.29 is 0 Å². The van der Waals surface area contributed by atoms with Gasteiger partial charge in [0.1, 0.15) is 28.8 Å². The van der Waals surface area contributed by atoms with Crippen LogP contribution in [0, 0.1) is 11.3 Å². The molecule has 74 valence electrons. The quantitative estimate of drug-likeness (QED) is 0.607. The first-order valence-electron chi connectivity index (χ1n) is 4.24. The van der Waals surface area contributed by atoms with E-state index in [1.807, 2.05) is 20.1 Å². The Morgan fingerprint density at radius 1 is 1.50 bits per heavy atom. The summed E-state index contributed by atoms with van der Waals surface area (Å²) >= 11 is 1.45. The molecule has 1 aromatic rings. The van der Waals surface area contributed by atoms with Gasteiger partial charge in [0.2, 0.25) is 0 Å². The Kier molecular flexibility index (Phi) is 3.72. The fourth-order valence-corrected chi connectivity index (χ4v) is 1.51. The summed E-state index contributed by atoms with van der Waals surface area (Å²) in [6.07, 6.45) is 3.36. The van der Waals surface area contributed by atoms with Gasteiger partial charge < -0.3 is 5.32 Å². The predicted octanol–water partition coefficient (Wildman–Crippen LogP) is 1.89. The summed E-state index contributed by atoms with van der Waals surface area (Å²) < 4.78 is 0. The van der Waals surface area contributed by atoms with Gasteiger partial charge in [-0.15, -0.1) is 11.8 Å². The highest BCUT2D eigenvalue weighted by Crippen LogP contribution is 2.21. The number of nitrogens with one attached hydrogen (secondary N) is 1. The molecule has 0 aliphatic rings. The zero-order valence-corrected chi connectivity index (χ0v) is 9.22. The van der Waals surface area contributed by atoms with Crippen LogP contribution in [-0.2, 0) is 0 Å². The smallest absolute Gasteiger partial charge is 0.148 e. The molecule has 4 nitrogen and oxygen atoms in total. The third kappa shape index (κ3) is 2.36. The third-order valence-corrected chi connectivity index (χ3v) is 2.24. The van der Waals surface area contributed by atoms with Crippen molar-refractivity contribution in [3.63, 3.8) is 0 Å². The summed E-state index contributed by atoms with van der Waals surface area (Å²) in [6, 6.07) is 2.37. The molecule has 0 fully saturated rings. The van der Waals surface area contributed by atoms with E-state index in [0.29, 0.717) is 16.4 Å². The number of rotatable bonds is 3. The maximum atomic E-state index is 8.96. The van der Waals surface area contributed by atoms with Crippen molar-refractivity contribution in [2.75, 3.05) is 11.6 Å². The van der Waals surface area contributed by atoms with Crippen LogP contribution < -0.4 is 5.32 Å². The normalized spacial score (nSPS) is 9.93. The average Bonchev–Trinajstić information content (AvgIpc) is 2.16. The molecule has 0 amide bonds. The maximum absolute atomic E-state index is 8.96. The molecular formula is C9H12N4S. The molecule has 1 aromatic heterocycles. The molecule has 0 bridgehead atoms. The number of aromatic nitrogens is 2. The van der Waals surface area contributed by atoms with Gasteiger partial charge in [0, 0.05) is 6.04 Å². The molecule has 0 aliphatic heterocycles. The zero-order chi connectivity index (χ0) is 10.6. The molecule has 1 N–H and O–H groups in total. The van der Waals surface area contributed by atoms with E-state index in [1.54, 1.807) is 0 Å². The highest BCUT2D eigenvalue weighted by molar-refractivity contribution is 7.98. The fraction of sp³-hybridized carbons (Fsp3) is 0.444. The van der Waals surface area contributed by atoms with Crippen LogP contribution in [0.15, 0.2) is 11.4 Å². The highest BCUT2D eigenvalue weighted by atomic mass is 32.2. The van der Waals surface area contributed by atoms with Gasteiger partial charge in [0.05, 0.1) is 0 Å². The van der Waals surface area contributed by atoms with E-state index in [2.05, 4.69) is 21.4 Å². The lowest BCUT2D eigenvalue weighted by atomic mass is 10.3. The Balaban J connectivity index is 3.10. The van der Waals surface area contributed by atoms with E-state index >= 15 is 0 Å². The minimum Gasteiger partial charge on any atom is -0.367 e. The second-order valence-electron chi connectivity index (χ2n) is 3.02. The summed E-state index contributed by atoms with van der Waals surface area (Å²) in [6.45, 7) is 4.00. The van der Waals surface area contributed by atoms with Gasteiger partial charge in [-0.3, -0.25) is 0 Å². The monoisotopic (exact) mass is 208 g/mol. The summed E-state index contributed by atoms with van der Waals surface area (Å²) in [5.74, 6) is 0.613. The second kappa shape index (κ2) is 4.82. The number of thioether (sulfide) groups is 1. The van der Waals surface area contributed by atoms with E-state index in [4.69, 9.17) is 5.26 Å². The number of anilines is 1. The van der Waals surface area contributed by atoms with Crippen molar-refractivity contribution in [2.24, 2.45) is 0 Å². The largest absolute Gasteiger partial charge is 0.367 e. The molecule has 14 heavy (non-hydrogen) atoms. The van der Waals surface area contributed by atoms with E-state index in [1.165, 1.54) is 18.1 Å². The minimum atomic E-state index is 0.256. The molecule has 0 saturated heterocycles. The van der Waals surface area contributed by atoms with Crippen LogP contribution in [0.4, 0.5) is 5.82 Å². The van der Waals surface area contributed by atoms with E-state index < -0.39 is 0 Å². The number of hydrogen-bond donors (Lipinski definition) is 1. The first-order valence-corrected chi connectivity index (χ1v) is 5.47. The van der Waals surface area contributed by atoms with Crippen molar-refractivity contribution in [3.8, 4) is 6.07 Å². The number of nitrogens with zero attached hydrogens (tertiary/aromatic N) is 3. The number of nitriles is 1. The Bertz CT molecular complexity index is 356. The first-order chi connectivity index (χ1) is 6.69. The number of hydrogen-bond acceptors (Lipinski definition) is 5. The van der Waals surface area contributed by atoms with Crippen LogP contribution in [0.25, 0.3) is 0 Å². The van der Waals surface area contributed by atoms with Crippen LogP contribution in [-0.4, -0.2) is 22.3 Å². The van der Waals surface area contributed by atoms with Gasteiger partial charge >= 0.3 is 0 Å². The van der Waals surface area contributed by atoms with Crippen LogP contribution in [0.2, 0.25) is 0 Å². The van der Waals surface area contributed by atoms with Gasteiger partial charge in [-0.1, -0.05) is 0 Å². The van der Waals surface area contributed by atoms with Crippen LogP contribution in [0.3, 0.4) is 0 Å². The fourth-order valence-electron chi connectivity index (χ4n) is 1.01. The molecule has 0 radical (unpaired) electrons. The second-order valence-corrected chi connectivity index (χ2v) is 3.81. The van der Waals surface area contributed by atoms with E-state index in [0.717, 1.165) is 0 Å². The summed E-state index contributed by atoms with van der Waals surface area (Å²) in [5, 5.41) is 12.8. The molecule has 0 saturated carbocycles. The molecule has 0 atom stereocenters. The minimum absolute atomic E-state index is 0.256. The topological polar surface area (TPSA) is 61.6 Å². The highest BCUT2D eigenvalue weighted by Gasteiger charge is 2.10. The van der Waals surface area contributed by atoms with Gasteiger partial charge in [-0.2, -0.15) is 5.26 Å². The predicted molar refractivity (Wildman–Crippen MR) is 57.3 cm³/mol. The lowest BCUT2D eigenvalue weighted by Gasteiger charge is -2.10.